The number of aromatic nitrogens is 1. The maximum absolute atomic E-state index is 11.9. The Morgan fingerprint density at radius 1 is 1.32 bits per heavy atom. The first-order chi connectivity index (χ1) is 11.9. The number of amides is 1. The molecule has 1 heterocycles. The highest BCUT2D eigenvalue weighted by molar-refractivity contribution is 6.30. The van der Waals surface area contributed by atoms with Crippen LogP contribution >= 0.6 is 11.6 Å². The molecule has 2 rings (SSSR count). The van der Waals surface area contributed by atoms with Gasteiger partial charge in [-0.25, -0.2) is 9.78 Å². The molecule has 1 aromatic heterocycles. The normalized spacial score (nSPS) is 10.0. The zero-order valence-corrected chi connectivity index (χ0v) is 13.6. The Balaban J connectivity index is 1.98. The van der Waals surface area contributed by atoms with Crippen LogP contribution < -0.4 is 10.1 Å². The van der Waals surface area contributed by atoms with E-state index in [4.69, 9.17) is 21.1 Å². The highest BCUT2D eigenvalue weighted by Gasteiger charge is 2.15. The van der Waals surface area contributed by atoms with E-state index in [1.807, 2.05) is 0 Å². The molecule has 0 bridgehead atoms. The summed E-state index contributed by atoms with van der Waals surface area (Å²) >= 11 is 5.74. The lowest BCUT2D eigenvalue weighted by Gasteiger charge is -2.10. The Kier molecular flexibility index (Phi) is 5.85. The predicted octanol–water partition coefficient (Wildman–Crippen LogP) is 2.45. The van der Waals surface area contributed by atoms with E-state index in [0.29, 0.717) is 5.02 Å². The molecule has 0 fully saturated rings. The highest BCUT2D eigenvalue weighted by atomic mass is 35.5. The van der Waals surface area contributed by atoms with Gasteiger partial charge < -0.3 is 14.8 Å². The van der Waals surface area contributed by atoms with E-state index in [9.17, 15) is 19.7 Å². The van der Waals surface area contributed by atoms with Crippen LogP contribution in [0.25, 0.3) is 0 Å². The van der Waals surface area contributed by atoms with Crippen molar-refractivity contribution in [3.8, 4) is 5.75 Å². The number of anilines is 1. The van der Waals surface area contributed by atoms with Gasteiger partial charge in [0.2, 0.25) is 0 Å². The van der Waals surface area contributed by atoms with Crippen LogP contribution in [-0.2, 0) is 9.53 Å². The quantitative estimate of drug-likeness (QED) is 0.474. The fraction of sp³-hybridized carbons (Fsp3) is 0.133. The van der Waals surface area contributed by atoms with E-state index in [0.717, 1.165) is 6.07 Å². The second-order valence-electron chi connectivity index (χ2n) is 4.63. The molecule has 1 aromatic carbocycles. The number of hydrogen-bond acceptors (Lipinski definition) is 7. The summed E-state index contributed by atoms with van der Waals surface area (Å²) < 4.78 is 9.82. The lowest BCUT2D eigenvalue weighted by molar-refractivity contribution is -0.384. The van der Waals surface area contributed by atoms with Gasteiger partial charge in [-0.1, -0.05) is 11.6 Å². The van der Waals surface area contributed by atoms with Gasteiger partial charge in [0.15, 0.2) is 6.61 Å². The highest BCUT2D eigenvalue weighted by Crippen LogP contribution is 2.28. The second-order valence-corrected chi connectivity index (χ2v) is 5.06. The van der Waals surface area contributed by atoms with Gasteiger partial charge in [-0.05, 0) is 18.2 Å². The molecule has 2 aromatic rings. The number of benzene rings is 1. The minimum atomic E-state index is -0.812. The number of nitrogens with one attached hydrogen (secondary N) is 1. The molecule has 1 amide bonds. The number of non-ortho nitro benzene ring substituents is 1. The summed E-state index contributed by atoms with van der Waals surface area (Å²) in [5.74, 6) is -1.36. The molecule has 130 valence electrons. The monoisotopic (exact) mass is 365 g/mol. The van der Waals surface area contributed by atoms with Crippen LogP contribution in [0.1, 0.15) is 10.5 Å². The van der Waals surface area contributed by atoms with Crippen molar-refractivity contribution < 1.29 is 24.0 Å². The van der Waals surface area contributed by atoms with Crippen LogP contribution in [0.3, 0.4) is 0 Å². The molecule has 0 spiro atoms. The molecule has 0 saturated carbocycles. The standard InChI is InChI=1S/C15H12ClN3O6/c1-24-13-7-10(19(22)23)2-3-11(13)18-14(20)8-25-15(21)12-6-9(16)4-5-17-12/h2-7H,8H2,1H3,(H,18,20). The first kappa shape index (κ1) is 18.1. The molecule has 0 atom stereocenters. The Hall–Kier alpha value is -3.20. The van der Waals surface area contributed by atoms with Gasteiger partial charge >= 0.3 is 5.97 Å². The number of pyridine rings is 1. The number of esters is 1. The first-order valence-corrected chi connectivity index (χ1v) is 7.19. The molecule has 0 saturated heterocycles. The number of carbonyl (C=O) groups excluding carboxylic acids is 2. The van der Waals surface area contributed by atoms with Crippen LogP contribution in [-0.4, -0.2) is 35.5 Å². The van der Waals surface area contributed by atoms with Crippen molar-refractivity contribution in [1.82, 2.24) is 4.98 Å². The van der Waals surface area contributed by atoms with Gasteiger partial charge in [0.25, 0.3) is 11.6 Å². The van der Waals surface area contributed by atoms with Gasteiger partial charge in [0.1, 0.15) is 11.4 Å². The van der Waals surface area contributed by atoms with Crippen LogP contribution in [0.4, 0.5) is 11.4 Å². The molecule has 0 aliphatic carbocycles. The Bertz CT molecular complexity index is 827. The number of ether oxygens (including phenoxy) is 2. The van der Waals surface area contributed by atoms with Gasteiger partial charge in [-0.2, -0.15) is 0 Å². The lowest BCUT2D eigenvalue weighted by atomic mass is 10.2. The number of methoxy groups -OCH3 is 1. The summed E-state index contributed by atoms with van der Waals surface area (Å²) in [6, 6.07) is 6.49. The predicted molar refractivity (Wildman–Crippen MR) is 87.8 cm³/mol. The third-order valence-corrected chi connectivity index (χ3v) is 3.17. The van der Waals surface area contributed by atoms with Crippen molar-refractivity contribution in [3.63, 3.8) is 0 Å². The second kappa shape index (κ2) is 8.06. The number of nitro benzene ring substituents is 1. The van der Waals surface area contributed by atoms with E-state index in [1.54, 1.807) is 0 Å². The molecule has 0 radical (unpaired) electrons. The summed E-state index contributed by atoms with van der Waals surface area (Å²) in [6.45, 7) is -0.576. The molecule has 25 heavy (non-hydrogen) atoms. The van der Waals surface area contributed by atoms with Crippen LogP contribution in [0.15, 0.2) is 36.5 Å². The molecule has 0 unspecified atom stereocenters. The Morgan fingerprint density at radius 3 is 2.72 bits per heavy atom. The number of halogens is 1. The van der Waals surface area contributed by atoms with Crippen LogP contribution in [0.2, 0.25) is 5.02 Å². The van der Waals surface area contributed by atoms with Crippen molar-refractivity contribution in [1.29, 1.82) is 0 Å². The Labute approximate surface area is 146 Å². The minimum Gasteiger partial charge on any atom is -0.494 e. The van der Waals surface area contributed by atoms with Crippen molar-refractivity contribution in [3.05, 3.63) is 57.4 Å². The first-order valence-electron chi connectivity index (χ1n) is 6.81. The van der Waals surface area contributed by atoms with Crippen LogP contribution in [0, 0.1) is 10.1 Å². The summed E-state index contributed by atoms with van der Waals surface area (Å²) in [7, 11) is 1.31. The van der Waals surface area contributed by atoms with E-state index >= 15 is 0 Å². The molecular formula is C15H12ClN3O6. The van der Waals surface area contributed by atoms with E-state index in [1.165, 1.54) is 37.6 Å². The summed E-state index contributed by atoms with van der Waals surface area (Å²) in [4.78, 5) is 37.6. The van der Waals surface area contributed by atoms with E-state index < -0.39 is 23.4 Å². The van der Waals surface area contributed by atoms with Gasteiger partial charge in [-0.3, -0.25) is 14.9 Å². The minimum absolute atomic E-state index is 0.0341. The van der Waals surface area contributed by atoms with Crippen molar-refractivity contribution in [2.24, 2.45) is 0 Å². The fourth-order valence-corrected chi connectivity index (χ4v) is 1.96. The average molecular weight is 366 g/mol. The molecule has 9 nitrogen and oxygen atoms in total. The van der Waals surface area contributed by atoms with Gasteiger partial charge in [-0.15, -0.1) is 0 Å². The number of hydrogen-bond donors (Lipinski definition) is 1. The summed E-state index contributed by atoms with van der Waals surface area (Å²) in [5.41, 5.74) is -0.0171. The number of carbonyl (C=O) groups is 2. The van der Waals surface area contributed by atoms with Gasteiger partial charge in [0, 0.05) is 17.3 Å². The fourth-order valence-electron chi connectivity index (χ4n) is 1.80. The number of nitrogens with zero attached hydrogens (tertiary/aromatic N) is 2. The molecule has 0 aliphatic heterocycles. The summed E-state index contributed by atoms with van der Waals surface area (Å²) in [5, 5.41) is 13.5. The maximum atomic E-state index is 11.9. The lowest BCUT2D eigenvalue weighted by Crippen LogP contribution is -2.21. The Morgan fingerprint density at radius 2 is 2.08 bits per heavy atom. The van der Waals surface area contributed by atoms with Crippen molar-refractivity contribution in [2.75, 3.05) is 19.0 Å². The van der Waals surface area contributed by atoms with E-state index in [-0.39, 0.29) is 22.8 Å². The maximum Gasteiger partial charge on any atom is 0.357 e. The SMILES string of the molecule is COc1cc([N+](=O)[O-])ccc1NC(=O)COC(=O)c1cc(Cl)ccn1. The molecule has 0 aliphatic rings. The van der Waals surface area contributed by atoms with Crippen LogP contribution in [0.5, 0.6) is 5.75 Å². The largest absolute Gasteiger partial charge is 0.494 e. The van der Waals surface area contributed by atoms with E-state index in [2.05, 4.69) is 10.3 Å². The summed E-state index contributed by atoms with van der Waals surface area (Å²) in [6.07, 6.45) is 1.33. The zero-order chi connectivity index (χ0) is 18.4. The number of rotatable bonds is 6. The zero-order valence-electron chi connectivity index (χ0n) is 12.9. The number of nitro groups is 1. The molecule has 1 N–H and O–H groups in total. The third kappa shape index (κ3) is 4.88. The third-order valence-electron chi connectivity index (χ3n) is 2.94. The van der Waals surface area contributed by atoms with Crippen molar-refractivity contribution >= 4 is 34.9 Å². The van der Waals surface area contributed by atoms with Gasteiger partial charge in [0.05, 0.1) is 23.8 Å². The topological polar surface area (TPSA) is 121 Å². The smallest absolute Gasteiger partial charge is 0.357 e. The molecule has 10 heteroatoms. The molecular weight excluding hydrogens is 354 g/mol. The van der Waals surface area contributed by atoms with Crippen molar-refractivity contribution in [2.45, 2.75) is 0 Å². The average Bonchev–Trinajstić information content (AvgIpc) is 2.59.